The molecule has 1 aromatic carbocycles. The Labute approximate surface area is 243 Å². The summed E-state index contributed by atoms with van der Waals surface area (Å²) in [6.45, 7) is 13.3. The molecular formula is C29H34ClN5O2S2. The van der Waals surface area contributed by atoms with Crippen LogP contribution >= 0.6 is 34.7 Å². The van der Waals surface area contributed by atoms with Gasteiger partial charge in [0.25, 0.3) is 0 Å². The van der Waals surface area contributed by atoms with Crippen LogP contribution in [0.1, 0.15) is 61.0 Å². The Morgan fingerprint density at radius 3 is 2.92 bits per heavy atom. The highest BCUT2D eigenvalue weighted by molar-refractivity contribution is 7.99. The zero-order valence-electron chi connectivity index (χ0n) is 22.8. The van der Waals surface area contributed by atoms with E-state index in [2.05, 4.69) is 48.9 Å². The Hall–Kier alpha value is -2.80. The van der Waals surface area contributed by atoms with Crippen molar-refractivity contribution in [2.75, 3.05) is 11.1 Å². The number of nitrogens with zero attached hydrogens (tertiary/aromatic N) is 4. The fourth-order valence-corrected chi connectivity index (χ4v) is 6.92. The minimum atomic E-state index is -0.178. The number of carbonyl (C=O) groups is 1. The molecule has 0 radical (unpaired) electrons. The van der Waals surface area contributed by atoms with Crippen molar-refractivity contribution < 1.29 is 9.53 Å². The third-order valence-electron chi connectivity index (χ3n) is 7.58. The molecule has 0 saturated carbocycles. The van der Waals surface area contributed by atoms with Crippen LogP contribution < -0.4 is 10.1 Å². The monoisotopic (exact) mass is 583 g/mol. The number of allylic oxidation sites excluding steroid dienone is 1. The number of rotatable bonds is 11. The van der Waals surface area contributed by atoms with Crippen LogP contribution in [-0.4, -0.2) is 26.4 Å². The average Bonchev–Trinajstić information content (AvgIpc) is 3.47. The lowest BCUT2D eigenvalue weighted by Crippen LogP contribution is -2.28. The van der Waals surface area contributed by atoms with Gasteiger partial charge in [-0.25, -0.2) is 0 Å². The Balaban J connectivity index is 1.40. The van der Waals surface area contributed by atoms with E-state index in [9.17, 15) is 10.1 Å². The van der Waals surface area contributed by atoms with E-state index in [0.29, 0.717) is 44.8 Å². The first-order chi connectivity index (χ1) is 18.7. The minimum absolute atomic E-state index is 0.144. The van der Waals surface area contributed by atoms with E-state index in [-0.39, 0.29) is 23.7 Å². The van der Waals surface area contributed by atoms with E-state index >= 15 is 0 Å². The number of halogens is 1. The molecule has 1 aliphatic carbocycles. The van der Waals surface area contributed by atoms with Crippen molar-refractivity contribution in [2.24, 2.45) is 11.3 Å². The van der Waals surface area contributed by atoms with Gasteiger partial charge in [0, 0.05) is 16.4 Å². The van der Waals surface area contributed by atoms with Crippen molar-refractivity contribution in [2.45, 2.75) is 71.7 Å². The Morgan fingerprint density at radius 1 is 1.44 bits per heavy atom. The molecule has 0 aliphatic heterocycles. The number of nitrogens with one attached hydrogen (secondary N) is 1. The van der Waals surface area contributed by atoms with Gasteiger partial charge in [-0.05, 0) is 66.8 Å². The maximum Gasteiger partial charge on any atom is 0.235 e. The van der Waals surface area contributed by atoms with E-state index in [0.717, 1.165) is 36.8 Å². The number of amides is 1. The number of carbonyl (C=O) groups excluding carboxylic acids is 1. The van der Waals surface area contributed by atoms with Crippen molar-refractivity contribution in [1.82, 2.24) is 14.8 Å². The lowest BCUT2D eigenvalue weighted by Gasteiger charge is -2.36. The number of aromatic nitrogens is 3. The first-order valence-corrected chi connectivity index (χ1v) is 15.2. The van der Waals surface area contributed by atoms with Gasteiger partial charge in [-0.2, -0.15) is 5.26 Å². The number of anilines is 1. The summed E-state index contributed by atoms with van der Waals surface area (Å²) in [5.74, 6) is 1.87. The molecule has 0 spiro atoms. The average molecular weight is 584 g/mol. The summed E-state index contributed by atoms with van der Waals surface area (Å²) in [5, 5.41) is 23.4. The van der Waals surface area contributed by atoms with E-state index in [1.54, 1.807) is 23.5 Å². The van der Waals surface area contributed by atoms with Gasteiger partial charge in [-0.15, -0.1) is 28.1 Å². The highest BCUT2D eigenvalue weighted by atomic mass is 35.5. The number of hydrogen-bond acceptors (Lipinski definition) is 7. The van der Waals surface area contributed by atoms with Gasteiger partial charge < -0.3 is 10.1 Å². The molecule has 0 bridgehead atoms. The van der Waals surface area contributed by atoms with Crippen LogP contribution in [0.15, 0.2) is 36.0 Å². The molecule has 1 atom stereocenters. The maximum absolute atomic E-state index is 12.9. The predicted octanol–water partition coefficient (Wildman–Crippen LogP) is 7.21. The summed E-state index contributed by atoms with van der Waals surface area (Å²) >= 11 is 8.95. The highest BCUT2D eigenvalue weighted by Crippen LogP contribution is 2.45. The first-order valence-electron chi connectivity index (χ1n) is 13.1. The summed E-state index contributed by atoms with van der Waals surface area (Å²) in [6, 6.07) is 7.83. The third kappa shape index (κ3) is 6.68. The molecule has 2 aromatic heterocycles. The molecule has 1 aliphatic rings. The SMILES string of the molecule is C=CCn1c(COc2ccc(Cl)c(C)c2)nnc1SCC(=O)Nc1sc2c(c1C#N)CCC(C(C)(C)CC)C2. The molecular weight excluding hydrogens is 550 g/mol. The van der Waals surface area contributed by atoms with Gasteiger partial charge in [0.15, 0.2) is 11.0 Å². The molecule has 2 heterocycles. The fourth-order valence-electron chi connectivity index (χ4n) is 4.74. The summed E-state index contributed by atoms with van der Waals surface area (Å²) in [6.07, 6.45) is 5.80. The predicted molar refractivity (Wildman–Crippen MR) is 159 cm³/mol. The molecule has 10 heteroatoms. The number of ether oxygens (including phenoxy) is 1. The smallest absolute Gasteiger partial charge is 0.235 e. The van der Waals surface area contributed by atoms with Crippen molar-refractivity contribution in [1.29, 1.82) is 5.26 Å². The van der Waals surface area contributed by atoms with Gasteiger partial charge in [0.05, 0.1) is 11.3 Å². The lowest BCUT2D eigenvalue weighted by atomic mass is 9.69. The van der Waals surface area contributed by atoms with Crippen LogP contribution in [0.25, 0.3) is 0 Å². The fraction of sp³-hybridized carbons (Fsp3) is 0.448. The molecule has 3 aromatic rings. The number of benzene rings is 1. The van der Waals surface area contributed by atoms with E-state index < -0.39 is 0 Å². The second kappa shape index (κ2) is 12.6. The van der Waals surface area contributed by atoms with Gasteiger partial charge in [-0.1, -0.05) is 56.6 Å². The third-order valence-corrected chi connectivity index (χ3v) is 10.1. The van der Waals surface area contributed by atoms with Crippen LogP contribution in [-0.2, 0) is 30.8 Å². The minimum Gasteiger partial charge on any atom is -0.486 e. The molecule has 39 heavy (non-hydrogen) atoms. The number of aryl methyl sites for hydroxylation is 1. The summed E-state index contributed by atoms with van der Waals surface area (Å²) < 4.78 is 7.78. The van der Waals surface area contributed by atoms with Crippen molar-refractivity contribution >= 4 is 45.6 Å². The van der Waals surface area contributed by atoms with Crippen LogP contribution in [0, 0.1) is 29.6 Å². The standard InChI is InChI=1S/C29H34ClN5O2S2/c1-6-12-35-25(16-37-20-9-11-23(30)18(3)13-20)33-34-28(35)38-17-26(36)32-27-22(15-31)21-10-8-19(14-24(21)39-27)29(4,5)7-2/h6,9,11,13,19H,1,7-8,10,12,14,16-17H2,2-5H3,(H,32,36). The van der Waals surface area contributed by atoms with Crippen LogP contribution in [0.3, 0.4) is 0 Å². The summed E-state index contributed by atoms with van der Waals surface area (Å²) in [4.78, 5) is 14.2. The van der Waals surface area contributed by atoms with Crippen LogP contribution in [0.4, 0.5) is 5.00 Å². The Morgan fingerprint density at radius 2 is 2.23 bits per heavy atom. The molecule has 4 rings (SSSR count). The second-order valence-corrected chi connectivity index (χ2v) is 12.9. The number of thioether (sulfide) groups is 1. The number of hydrogen-bond donors (Lipinski definition) is 1. The molecule has 1 amide bonds. The number of thiophene rings is 1. The second-order valence-electron chi connectivity index (χ2n) is 10.4. The lowest BCUT2D eigenvalue weighted by molar-refractivity contribution is -0.113. The van der Waals surface area contributed by atoms with Crippen LogP contribution in [0.2, 0.25) is 5.02 Å². The molecule has 7 nitrogen and oxygen atoms in total. The number of fused-ring (bicyclic) bond motifs is 1. The quantitative estimate of drug-likeness (QED) is 0.189. The summed E-state index contributed by atoms with van der Waals surface area (Å²) in [7, 11) is 0. The molecule has 0 fully saturated rings. The first kappa shape index (κ1) is 29.2. The molecule has 0 saturated heterocycles. The van der Waals surface area contributed by atoms with Crippen molar-refractivity contribution in [3.05, 3.63) is 63.3 Å². The van der Waals surface area contributed by atoms with E-state index in [1.807, 2.05) is 23.6 Å². The maximum atomic E-state index is 12.9. The van der Waals surface area contributed by atoms with Crippen LogP contribution in [0.5, 0.6) is 5.75 Å². The van der Waals surface area contributed by atoms with Gasteiger partial charge >= 0.3 is 0 Å². The topological polar surface area (TPSA) is 92.8 Å². The van der Waals surface area contributed by atoms with Gasteiger partial charge in [-0.3, -0.25) is 9.36 Å². The zero-order chi connectivity index (χ0) is 28.2. The van der Waals surface area contributed by atoms with Gasteiger partial charge in [0.1, 0.15) is 23.4 Å². The molecule has 1 unspecified atom stereocenters. The van der Waals surface area contributed by atoms with Crippen molar-refractivity contribution in [3.63, 3.8) is 0 Å². The highest BCUT2D eigenvalue weighted by Gasteiger charge is 2.34. The van der Waals surface area contributed by atoms with E-state index in [1.165, 1.54) is 16.6 Å². The molecule has 206 valence electrons. The van der Waals surface area contributed by atoms with E-state index in [4.69, 9.17) is 16.3 Å². The number of nitriles is 1. The zero-order valence-corrected chi connectivity index (χ0v) is 25.2. The molecule has 1 N–H and O–H groups in total. The summed E-state index contributed by atoms with van der Waals surface area (Å²) in [5.41, 5.74) is 2.92. The Bertz CT molecular complexity index is 1410. The largest absolute Gasteiger partial charge is 0.486 e. The van der Waals surface area contributed by atoms with Gasteiger partial charge in [0.2, 0.25) is 5.91 Å². The Kier molecular flexibility index (Phi) is 9.42. The van der Waals surface area contributed by atoms with Crippen molar-refractivity contribution in [3.8, 4) is 11.8 Å². The normalized spacial score (nSPS) is 14.9.